The summed E-state index contributed by atoms with van der Waals surface area (Å²) in [6.07, 6.45) is -0.623. The molecule has 0 saturated carbocycles. The summed E-state index contributed by atoms with van der Waals surface area (Å²) in [7, 11) is -4.73. The molecule has 0 rings (SSSR count). The number of aliphatic hydroxyl groups is 3. The van der Waals surface area contributed by atoms with Crippen LogP contribution in [0.15, 0.2) is 0 Å². The summed E-state index contributed by atoms with van der Waals surface area (Å²) in [6, 6.07) is 0. The molecular weight excluding hydrogens is 176 g/mol. The number of hydrogen-bond donors (Lipinski definition) is 4. The third-order valence-corrected chi connectivity index (χ3v) is 2.52. The molecule has 0 bridgehead atoms. The molecule has 0 spiro atoms. The van der Waals surface area contributed by atoms with Crippen molar-refractivity contribution in [1.82, 2.24) is 0 Å². The van der Waals surface area contributed by atoms with Gasteiger partial charge in [-0.25, -0.2) is 0 Å². The molecule has 4 N–H and O–H groups in total. The van der Waals surface area contributed by atoms with Gasteiger partial charge >= 0.3 is 0 Å². The van der Waals surface area contributed by atoms with E-state index in [9.17, 15) is 8.42 Å². The van der Waals surface area contributed by atoms with Crippen LogP contribution >= 0.6 is 0 Å². The molecule has 11 heavy (non-hydrogen) atoms. The SMILES string of the molecule is O=S(=O)(O)C(O)(CO)CCO. The van der Waals surface area contributed by atoms with E-state index in [1.165, 1.54) is 0 Å². The zero-order valence-electron chi connectivity index (χ0n) is 5.63. The Balaban J connectivity index is 4.61. The number of hydrogen-bond acceptors (Lipinski definition) is 5. The van der Waals surface area contributed by atoms with Crippen LogP contribution in [0, 0.1) is 0 Å². The molecule has 0 aromatic carbocycles. The third kappa shape index (κ3) is 2.38. The van der Waals surface area contributed by atoms with Gasteiger partial charge in [0.2, 0.25) is 4.93 Å². The normalized spacial score (nSPS) is 17.8. The fourth-order valence-electron chi connectivity index (χ4n) is 0.464. The molecule has 0 aromatic rings. The lowest BCUT2D eigenvalue weighted by Crippen LogP contribution is -2.42. The van der Waals surface area contributed by atoms with E-state index >= 15 is 0 Å². The highest BCUT2D eigenvalue weighted by Crippen LogP contribution is 2.15. The molecule has 0 radical (unpaired) electrons. The van der Waals surface area contributed by atoms with Crippen molar-refractivity contribution in [3.05, 3.63) is 0 Å². The minimum atomic E-state index is -4.73. The van der Waals surface area contributed by atoms with Crippen LogP contribution in [0.25, 0.3) is 0 Å². The summed E-state index contributed by atoms with van der Waals surface area (Å²) in [5.74, 6) is 0. The van der Waals surface area contributed by atoms with E-state index in [1.807, 2.05) is 0 Å². The Hall–Kier alpha value is -0.210. The van der Waals surface area contributed by atoms with Crippen LogP contribution in [0.4, 0.5) is 0 Å². The first-order valence-electron chi connectivity index (χ1n) is 2.78. The van der Waals surface area contributed by atoms with Crippen LogP contribution in [-0.4, -0.2) is 46.4 Å². The van der Waals surface area contributed by atoms with E-state index in [4.69, 9.17) is 19.9 Å². The van der Waals surface area contributed by atoms with Crippen molar-refractivity contribution in [1.29, 1.82) is 0 Å². The second-order valence-corrected chi connectivity index (χ2v) is 3.76. The highest BCUT2D eigenvalue weighted by Gasteiger charge is 2.39. The summed E-state index contributed by atoms with van der Waals surface area (Å²) in [5, 5.41) is 25.5. The molecule has 0 heterocycles. The predicted molar refractivity (Wildman–Crippen MR) is 35.3 cm³/mol. The van der Waals surface area contributed by atoms with Crippen LogP contribution in [-0.2, 0) is 10.1 Å². The minimum Gasteiger partial charge on any atom is -0.396 e. The topological polar surface area (TPSA) is 115 Å². The van der Waals surface area contributed by atoms with Crippen LogP contribution in [0.2, 0.25) is 0 Å². The lowest BCUT2D eigenvalue weighted by molar-refractivity contribution is 0.0281. The van der Waals surface area contributed by atoms with Crippen molar-refractivity contribution in [2.24, 2.45) is 0 Å². The van der Waals surface area contributed by atoms with Crippen LogP contribution in [0.5, 0.6) is 0 Å². The zero-order chi connectivity index (χ0) is 9.12. The van der Waals surface area contributed by atoms with Gasteiger partial charge in [-0.2, -0.15) is 8.42 Å². The fraction of sp³-hybridized carbons (Fsp3) is 1.00. The summed E-state index contributed by atoms with van der Waals surface area (Å²) >= 11 is 0. The molecule has 68 valence electrons. The van der Waals surface area contributed by atoms with Gasteiger partial charge in [0.1, 0.15) is 0 Å². The Labute approximate surface area is 63.8 Å². The number of aliphatic hydroxyl groups excluding tert-OH is 2. The van der Waals surface area contributed by atoms with E-state index < -0.39 is 34.7 Å². The first-order chi connectivity index (χ1) is 4.87. The standard InChI is InChI=1S/C4H10O6S/c5-2-1-4(7,3-6)11(8,9)10/h5-7H,1-3H2,(H,8,9,10). The second kappa shape index (κ2) is 3.46. The van der Waals surface area contributed by atoms with Gasteiger partial charge in [-0.3, -0.25) is 4.55 Å². The van der Waals surface area contributed by atoms with Crippen molar-refractivity contribution in [3.63, 3.8) is 0 Å². The van der Waals surface area contributed by atoms with Crippen molar-refractivity contribution >= 4 is 10.1 Å². The number of rotatable bonds is 4. The molecular formula is C4H10O6S. The Bertz CT molecular complexity index is 209. The van der Waals surface area contributed by atoms with Gasteiger partial charge in [-0.15, -0.1) is 0 Å². The van der Waals surface area contributed by atoms with Gasteiger partial charge in [-0.1, -0.05) is 0 Å². The Morgan fingerprint density at radius 3 is 1.82 bits per heavy atom. The van der Waals surface area contributed by atoms with Crippen molar-refractivity contribution in [2.75, 3.05) is 13.2 Å². The van der Waals surface area contributed by atoms with Gasteiger partial charge < -0.3 is 15.3 Å². The van der Waals surface area contributed by atoms with Gasteiger partial charge in [0, 0.05) is 13.0 Å². The fourth-order valence-corrected chi connectivity index (χ4v) is 0.977. The molecule has 1 atom stereocenters. The molecule has 6 nitrogen and oxygen atoms in total. The second-order valence-electron chi connectivity index (χ2n) is 2.05. The van der Waals surface area contributed by atoms with E-state index in [0.29, 0.717) is 0 Å². The van der Waals surface area contributed by atoms with E-state index in [0.717, 1.165) is 0 Å². The molecule has 0 aliphatic heterocycles. The van der Waals surface area contributed by atoms with Crippen LogP contribution in [0.1, 0.15) is 6.42 Å². The average Bonchev–Trinajstić information content (AvgIpc) is 1.86. The van der Waals surface area contributed by atoms with Gasteiger partial charge in [0.25, 0.3) is 10.1 Å². The Kier molecular flexibility index (Phi) is 3.39. The Morgan fingerprint density at radius 2 is 1.73 bits per heavy atom. The molecule has 0 fully saturated rings. The molecule has 7 heteroatoms. The minimum absolute atomic E-state index is 0.623. The lowest BCUT2D eigenvalue weighted by atomic mass is 10.3. The molecule has 1 unspecified atom stereocenters. The van der Waals surface area contributed by atoms with Gasteiger partial charge in [0.05, 0.1) is 6.61 Å². The molecule has 0 aliphatic rings. The summed E-state index contributed by atoms with van der Waals surface area (Å²) in [6.45, 7) is -1.79. The van der Waals surface area contributed by atoms with E-state index in [1.54, 1.807) is 0 Å². The van der Waals surface area contributed by atoms with Gasteiger partial charge in [-0.05, 0) is 0 Å². The average molecular weight is 186 g/mol. The van der Waals surface area contributed by atoms with Crippen molar-refractivity contribution < 1.29 is 28.3 Å². The molecule has 0 aromatic heterocycles. The highest BCUT2D eigenvalue weighted by atomic mass is 32.2. The summed E-state index contributed by atoms with van der Waals surface area (Å²) < 4.78 is 28.9. The first kappa shape index (κ1) is 10.8. The Morgan fingerprint density at radius 1 is 1.27 bits per heavy atom. The van der Waals surface area contributed by atoms with E-state index in [2.05, 4.69) is 0 Å². The maximum atomic E-state index is 10.3. The first-order valence-corrected chi connectivity index (χ1v) is 4.22. The smallest absolute Gasteiger partial charge is 0.297 e. The molecule has 0 aliphatic carbocycles. The van der Waals surface area contributed by atoms with Crippen LogP contribution in [0.3, 0.4) is 0 Å². The maximum absolute atomic E-state index is 10.3. The predicted octanol–water partition coefficient (Wildman–Crippen LogP) is -2.06. The third-order valence-electron chi connectivity index (χ3n) is 1.23. The summed E-state index contributed by atoms with van der Waals surface area (Å²) in [5.41, 5.74) is 0. The highest BCUT2D eigenvalue weighted by molar-refractivity contribution is 7.87. The zero-order valence-corrected chi connectivity index (χ0v) is 6.45. The van der Waals surface area contributed by atoms with Crippen molar-refractivity contribution in [2.45, 2.75) is 11.4 Å². The molecule has 0 saturated heterocycles. The van der Waals surface area contributed by atoms with E-state index in [-0.39, 0.29) is 0 Å². The van der Waals surface area contributed by atoms with Gasteiger partial charge in [0.15, 0.2) is 0 Å². The van der Waals surface area contributed by atoms with Crippen LogP contribution < -0.4 is 0 Å². The van der Waals surface area contributed by atoms with Crippen molar-refractivity contribution in [3.8, 4) is 0 Å². The lowest BCUT2D eigenvalue weighted by Gasteiger charge is -2.20. The molecule has 0 amide bonds. The monoisotopic (exact) mass is 186 g/mol. The summed E-state index contributed by atoms with van der Waals surface area (Å²) in [4.78, 5) is -2.64. The quantitative estimate of drug-likeness (QED) is 0.375. The largest absolute Gasteiger partial charge is 0.396 e. The maximum Gasteiger partial charge on any atom is 0.297 e.